The van der Waals surface area contributed by atoms with Gasteiger partial charge in [0.05, 0.1) is 5.92 Å². The standard InChI is InChI=1S/C9H13N3/c1-7(2)12-9-8(6-11-12)4-3-5-10-9/h3-9H,1-2H3. The Morgan fingerprint density at radius 1 is 1.42 bits per heavy atom. The summed E-state index contributed by atoms with van der Waals surface area (Å²) >= 11 is 0. The maximum Gasteiger partial charge on any atom is 0.148 e. The molecule has 3 heteroatoms. The third kappa shape index (κ3) is 1.05. The number of nitrogens with zero attached hydrogens (tertiary/aromatic N) is 3. The van der Waals surface area contributed by atoms with E-state index in [0.29, 0.717) is 12.0 Å². The van der Waals surface area contributed by atoms with E-state index in [1.54, 1.807) is 0 Å². The van der Waals surface area contributed by atoms with Gasteiger partial charge in [-0.25, -0.2) is 0 Å². The maximum absolute atomic E-state index is 4.38. The van der Waals surface area contributed by atoms with Gasteiger partial charge in [-0.2, -0.15) is 5.10 Å². The molecule has 0 radical (unpaired) electrons. The van der Waals surface area contributed by atoms with Crippen molar-refractivity contribution in [2.75, 3.05) is 0 Å². The van der Waals surface area contributed by atoms with Crippen LogP contribution in [0.2, 0.25) is 0 Å². The number of allylic oxidation sites excluding steroid dienone is 1. The summed E-state index contributed by atoms with van der Waals surface area (Å²) in [7, 11) is 0. The summed E-state index contributed by atoms with van der Waals surface area (Å²) in [6.45, 7) is 4.26. The van der Waals surface area contributed by atoms with Crippen LogP contribution in [0.5, 0.6) is 0 Å². The quantitative estimate of drug-likeness (QED) is 0.572. The Bertz CT molecular complexity index is 252. The lowest BCUT2D eigenvalue weighted by molar-refractivity contribution is 0.173. The van der Waals surface area contributed by atoms with Crippen molar-refractivity contribution in [2.24, 2.45) is 16.0 Å². The number of hydrogen-bond donors (Lipinski definition) is 0. The summed E-state index contributed by atoms with van der Waals surface area (Å²) in [6, 6.07) is 0.430. The molecule has 0 aromatic heterocycles. The van der Waals surface area contributed by atoms with E-state index in [0.717, 1.165) is 0 Å². The lowest BCUT2D eigenvalue weighted by Gasteiger charge is -2.27. The molecule has 64 valence electrons. The van der Waals surface area contributed by atoms with E-state index in [1.807, 2.05) is 23.5 Å². The Labute approximate surface area is 72.5 Å². The van der Waals surface area contributed by atoms with Gasteiger partial charge < -0.3 is 0 Å². The van der Waals surface area contributed by atoms with Crippen LogP contribution in [0.3, 0.4) is 0 Å². The average molecular weight is 163 g/mol. The van der Waals surface area contributed by atoms with Gasteiger partial charge in [-0.05, 0) is 19.9 Å². The molecule has 2 aliphatic heterocycles. The Morgan fingerprint density at radius 2 is 2.25 bits per heavy atom. The van der Waals surface area contributed by atoms with E-state index in [2.05, 4.69) is 30.0 Å². The monoisotopic (exact) mass is 163 g/mol. The second kappa shape index (κ2) is 2.73. The predicted molar refractivity (Wildman–Crippen MR) is 50.4 cm³/mol. The van der Waals surface area contributed by atoms with Crippen LogP contribution < -0.4 is 0 Å². The Balaban J connectivity index is 2.18. The first-order chi connectivity index (χ1) is 5.79. The fraction of sp³-hybridized carbons (Fsp3) is 0.556. The van der Waals surface area contributed by atoms with Gasteiger partial charge >= 0.3 is 0 Å². The van der Waals surface area contributed by atoms with Gasteiger partial charge in [0.25, 0.3) is 0 Å². The molecule has 0 aromatic rings. The van der Waals surface area contributed by atoms with Gasteiger partial charge in [-0.15, -0.1) is 0 Å². The van der Waals surface area contributed by atoms with E-state index in [1.165, 1.54) is 0 Å². The molecule has 2 rings (SSSR count). The van der Waals surface area contributed by atoms with Crippen molar-refractivity contribution < 1.29 is 0 Å². The lowest BCUT2D eigenvalue weighted by atomic mass is 10.1. The highest BCUT2D eigenvalue weighted by Crippen LogP contribution is 2.23. The first-order valence-electron chi connectivity index (χ1n) is 4.31. The number of hydrazone groups is 1. The summed E-state index contributed by atoms with van der Waals surface area (Å²) in [4.78, 5) is 4.38. The molecule has 0 aliphatic carbocycles. The van der Waals surface area contributed by atoms with Crippen LogP contribution >= 0.6 is 0 Å². The summed E-state index contributed by atoms with van der Waals surface area (Å²) in [6.07, 6.45) is 8.17. The minimum Gasteiger partial charge on any atom is -0.270 e. The van der Waals surface area contributed by atoms with E-state index < -0.39 is 0 Å². The first kappa shape index (κ1) is 7.53. The van der Waals surface area contributed by atoms with Gasteiger partial charge in [-0.3, -0.25) is 10.0 Å². The molecule has 0 fully saturated rings. The number of rotatable bonds is 1. The zero-order valence-electron chi connectivity index (χ0n) is 7.38. The predicted octanol–water partition coefficient (Wildman–Crippen LogP) is 1.28. The minimum absolute atomic E-state index is 0.218. The van der Waals surface area contributed by atoms with Crippen molar-refractivity contribution in [1.29, 1.82) is 0 Å². The number of hydrogen-bond acceptors (Lipinski definition) is 3. The van der Waals surface area contributed by atoms with Crippen molar-refractivity contribution in [1.82, 2.24) is 5.01 Å². The van der Waals surface area contributed by atoms with Crippen LogP contribution in [0.25, 0.3) is 0 Å². The molecule has 0 spiro atoms. The summed E-state index contributed by atoms with van der Waals surface area (Å²) in [5.74, 6) is 0.386. The minimum atomic E-state index is 0.218. The zero-order valence-corrected chi connectivity index (χ0v) is 7.38. The van der Waals surface area contributed by atoms with Gasteiger partial charge in [0.1, 0.15) is 6.17 Å². The largest absolute Gasteiger partial charge is 0.270 e. The molecule has 2 aliphatic rings. The normalized spacial score (nSPS) is 31.8. The molecular weight excluding hydrogens is 150 g/mol. The fourth-order valence-corrected chi connectivity index (χ4v) is 1.55. The van der Waals surface area contributed by atoms with Crippen molar-refractivity contribution in [3.8, 4) is 0 Å². The molecule has 0 amide bonds. The molecule has 3 nitrogen and oxygen atoms in total. The van der Waals surface area contributed by atoms with E-state index in [9.17, 15) is 0 Å². The van der Waals surface area contributed by atoms with Gasteiger partial charge in [0.15, 0.2) is 0 Å². The van der Waals surface area contributed by atoms with Crippen molar-refractivity contribution >= 4 is 12.4 Å². The molecule has 0 saturated heterocycles. The van der Waals surface area contributed by atoms with E-state index in [-0.39, 0.29) is 6.17 Å². The summed E-state index contributed by atoms with van der Waals surface area (Å²) < 4.78 is 0. The second-order valence-electron chi connectivity index (χ2n) is 3.41. The van der Waals surface area contributed by atoms with Gasteiger partial charge in [0, 0.05) is 18.5 Å². The van der Waals surface area contributed by atoms with Crippen LogP contribution in [0.1, 0.15) is 13.8 Å². The molecule has 2 unspecified atom stereocenters. The second-order valence-corrected chi connectivity index (χ2v) is 3.41. The number of fused-ring (bicyclic) bond motifs is 1. The molecular formula is C9H13N3. The molecule has 0 N–H and O–H groups in total. The Kier molecular flexibility index (Phi) is 1.71. The lowest BCUT2D eigenvalue weighted by Crippen LogP contribution is -2.35. The van der Waals surface area contributed by atoms with Gasteiger partial charge in [0.2, 0.25) is 0 Å². The summed E-state index contributed by atoms with van der Waals surface area (Å²) in [5.41, 5.74) is 0. The third-order valence-electron chi connectivity index (χ3n) is 2.17. The zero-order chi connectivity index (χ0) is 8.55. The molecule has 0 saturated carbocycles. The Morgan fingerprint density at radius 3 is 3.00 bits per heavy atom. The van der Waals surface area contributed by atoms with Crippen LogP contribution in [0, 0.1) is 5.92 Å². The third-order valence-corrected chi connectivity index (χ3v) is 2.17. The van der Waals surface area contributed by atoms with Crippen molar-refractivity contribution in [3.05, 3.63) is 12.2 Å². The maximum atomic E-state index is 4.38. The highest BCUT2D eigenvalue weighted by molar-refractivity contribution is 5.77. The van der Waals surface area contributed by atoms with Crippen molar-refractivity contribution in [2.45, 2.75) is 26.1 Å². The topological polar surface area (TPSA) is 28.0 Å². The van der Waals surface area contributed by atoms with Crippen LogP contribution in [0.15, 0.2) is 22.2 Å². The van der Waals surface area contributed by atoms with Crippen molar-refractivity contribution in [3.63, 3.8) is 0 Å². The molecule has 0 aromatic carbocycles. The Hall–Kier alpha value is -1.12. The summed E-state index contributed by atoms with van der Waals surface area (Å²) in [5, 5.41) is 6.37. The highest BCUT2D eigenvalue weighted by atomic mass is 15.5. The molecule has 2 heterocycles. The average Bonchev–Trinajstić information content (AvgIpc) is 2.47. The SMILES string of the molecule is CC(C)N1N=CC2C=CC=NC21. The van der Waals surface area contributed by atoms with Gasteiger partial charge in [-0.1, -0.05) is 6.08 Å². The molecule has 2 atom stereocenters. The molecule has 12 heavy (non-hydrogen) atoms. The first-order valence-corrected chi connectivity index (χ1v) is 4.31. The fourth-order valence-electron chi connectivity index (χ4n) is 1.55. The van der Waals surface area contributed by atoms with E-state index >= 15 is 0 Å². The smallest absolute Gasteiger partial charge is 0.148 e. The number of dihydropyridines is 1. The van der Waals surface area contributed by atoms with Crippen LogP contribution in [-0.4, -0.2) is 29.6 Å². The van der Waals surface area contributed by atoms with E-state index in [4.69, 9.17) is 0 Å². The van der Waals surface area contributed by atoms with Crippen LogP contribution in [-0.2, 0) is 0 Å². The molecule has 0 bridgehead atoms. The highest BCUT2D eigenvalue weighted by Gasteiger charge is 2.30. The number of aliphatic imine (C=N–C) groups is 1. The van der Waals surface area contributed by atoms with Crippen LogP contribution in [0.4, 0.5) is 0 Å².